The maximum atomic E-state index is 13.3. The van der Waals surface area contributed by atoms with Crippen molar-refractivity contribution in [3.05, 3.63) is 42.0 Å². The highest BCUT2D eigenvalue weighted by molar-refractivity contribution is 6.07. The van der Waals surface area contributed by atoms with Crippen molar-refractivity contribution >= 4 is 46.8 Å². The molecule has 2 amide bonds. The lowest BCUT2D eigenvalue weighted by Gasteiger charge is -2.29. The molecule has 1 atom stereocenters. The number of methoxy groups -OCH3 is 1. The zero-order chi connectivity index (χ0) is 23.3. The molecule has 0 aromatic heterocycles. The highest BCUT2D eigenvalue weighted by Crippen LogP contribution is 2.29. The Labute approximate surface area is 201 Å². The average Bonchev–Trinajstić information content (AvgIpc) is 2.75. The molecular weight excluding hydrogens is 444 g/mol. The number of nitrogens with one attached hydrogen (secondary N) is 2. The van der Waals surface area contributed by atoms with E-state index >= 15 is 0 Å². The van der Waals surface area contributed by atoms with Crippen LogP contribution in [0, 0.1) is 5.92 Å². The zero-order valence-electron chi connectivity index (χ0n) is 19.6. The van der Waals surface area contributed by atoms with Gasteiger partial charge in [-0.05, 0) is 62.4 Å². The molecule has 3 rings (SSSR count). The maximum absolute atomic E-state index is 13.3. The Morgan fingerprint density at radius 3 is 2.18 bits per heavy atom. The summed E-state index contributed by atoms with van der Waals surface area (Å²) in [5.41, 5.74) is -0.0951. The molecule has 180 valence electrons. The molecule has 7 nitrogen and oxygen atoms in total. The number of anilines is 1. The van der Waals surface area contributed by atoms with Crippen molar-refractivity contribution < 1.29 is 23.9 Å². The Hall–Kier alpha value is -2.80. The summed E-state index contributed by atoms with van der Waals surface area (Å²) in [6, 6.07) is 10.3. The molecule has 0 heterocycles. The van der Waals surface area contributed by atoms with Crippen LogP contribution >= 0.6 is 12.4 Å². The van der Waals surface area contributed by atoms with Gasteiger partial charge in [-0.2, -0.15) is 0 Å². The summed E-state index contributed by atoms with van der Waals surface area (Å²) in [5, 5.41) is 7.29. The third-order valence-corrected chi connectivity index (χ3v) is 5.63. The first-order valence-corrected chi connectivity index (χ1v) is 11.1. The Balaban J connectivity index is 0.00000385. The summed E-state index contributed by atoms with van der Waals surface area (Å²) in [6.07, 6.45) is 4.25. The van der Waals surface area contributed by atoms with Crippen LogP contribution in [0.25, 0.3) is 10.8 Å². The smallest absolute Gasteiger partial charge is 0.412 e. The lowest BCUT2D eigenvalue weighted by atomic mass is 9.83. The third-order valence-electron chi connectivity index (χ3n) is 5.63. The fraction of sp³-hybridized carbons (Fsp3) is 0.480. The Kier molecular flexibility index (Phi) is 9.11. The molecule has 1 aliphatic carbocycles. The number of hydrogen-bond donors (Lipinski definition) is 2. The molecular formula is C25H33ClN2O5. The number of halogens is 1. The molecule has 0 unspecified atom stereocenters. The molecule has 0 spiro atoms. The fourth-order valence-corrected chi connectivity index (χ4v) is 4.13. The molecule has 8 heteroatoms. The summed E-state index contributed by atoms with van der Waals surface area (Å²) in [4.78, 5) is 38.2. The van der Waals surface area contributed by atoms with Crippen LogP contribution in [0.2, 0.25) is 0 Å². The minimum Gasteiger partial charge on any atom is -0.467 e. The first-order chi connectivity index (χ1) is 15.2. The van der Waals surface area contributed by atoms with Gasteiger partial charge in [-0.15, -0.1) is 12.4 Å². The van der Waals surface area contributed by atoms with Crippen LogP contribution in [0.5, 0.6) is 0 Å². The van der Waals surface area contributed by atoms with Crippen LogP contribution in [0.15, 0.2) is 36.4 Å². The summed E-state index contributed by atoms with van der Waals surface area (Å²) in [6.45, 7) is 5.31. The van der Waals surface area contributed by atoms with E-state index in [-0.39, 0.29) is 23.9 Å². The lowest BCUT2D eigenvalue weighted by molar-refractivity contribution is -0.144. The number of esters is 1. The topological polar surface area (TPSA) is 93.7 Å². The maximum Gasteiger partial charge on any atom is 0.412 e. The summed E-state index contributed by atoms with van der Waals surface area (Å²) >= 11 is 0. The molecule has 1 aliphatic rings. The first kappa shape index (κ1) is 26.5. The standard InChI is InChI=1S/C25H32N2O5.ClH/c1-25(2,3)32-24(30)26-20-15-18-13-9-8-12-17(18)14-19(20)22(28)27-21(23(29)31-4)16-10-6-5-7-11-16;/h8-9,12-16,21H,5-7,10-11H2,1-4H3,(H,26,30)(H,27,28);1H/t21-;/m0./s1. The minimum absolute atomic E-state index is 0. The number of benzene rings is 2. The Bertz CT molecular complexity index is 996. The van der Waals surface area contributed by atoms with Crippen molar-refractivity contribution in [2.24, 2.45) is 5.92 Å². The Morgan fingerprint density at radius 2 is 1.61 bits per heavy atom. The Morgan fingerprint density at radius 1 is 1.00 bits per heavy atom. The van der Waals surface area contributed by atoms with E-state index in [4.69, 9.17) is 9.47 Å². The second-order valence-electron chi connectivity index (χ2n) is 9.24. The van der Waals surface area contributed by atoms with Crippen LogP contribution < -0.4 is 10.6 Å². The molecule has 33 heavy (non-hydrogen) atoms. The van der Waals surface area contributed by atoms with Gasteiger partial charge >= 0.3 is 12.1 Å². The van der Waals surface area contributed by atoms with E-state index in [2.05, 4.69) is 10.6 Å². The quantitative estimate of drug-likeness (QED) is 0.559. The van der Waals surface area contributed by atoms with Crippen molar-refractivity contribution in [2.75, 3.05) is 12.4 Å². The zero-order valence-corrected chi connectivity index (χ0v) is 20.4. The second-order valence-corrected chi connectivity index (χ2v) is 9.24. The molecule has 2 aromatic carbocycles. The fourth-order valence-electron chi connectivity index (χ4n) is 4.13. The van der Waals surface area contributed by atoms with Gasteiger partial charge in [0.15, 0.2) is 0 Å². The first-order valence-electron chi connectivity index (χ1n) is 11.1. The van der Waals surface area contributed by atoms with Crippen LogP contribution in [0.1, 0.15) is 63.2 Å². The summed E-state index contributed by atoms with van der Waals surface area (Å²) in [7, 11) is 1.33. The van der Waals surface area contributed by atoms with Gasteiger partial charge in [0.2, 0.25) is 0 Å². The average molecular weight is 477 g/mol. The third kappa shape index (κ3) is 7.09. The number of rotatable bonds is 5. The number of hydrogen-bond acceptors (Lipinski definition) is 5. The van der Waals surface area contributed by atoms with Crippen molar-refractivity contribution in [1.82, 2.24) is 5.32 Å². The number of ether oxygens (including phenoxy) is 2. The lowest BCUT2D eigenvalue weighted by Crippen LogP contribution is -2.47. The van der Waals surface area contributed by atoms with Crippen LogP contribution in [0.3, 0.4) is 0 Å². The van der Waals surface area contributed by atoms with E-state index in [0.717, 1.165) is 42.9 Å². The predicted octanol–water partition coefficient (Wildman–Crippen LogP) is 5.46. The van der Waals surface area contributed by atoms with Crippen molar-refractivity contribution in [1.29, 1.82) is 0 Å². The molecule has 0 saturated heterocycles. The van der Waals surface area contributed by atoms with E-state index in [9.17, 15) is 14.4 Å². The van der Waals surface area contributed by atoms with Gasteiger partial charge in [0.05, 0.1) is 18.4 Å². The molecule has 1 fully saturated rings. The van der Waals surface area contributed by atoms with Gasteiger partial charge in [-0.1, -0.05) is 43.5 Å². The highest BCUT2D eigenvalue weighted by Gasteiger charge is 2.32. The minimum atomic E-state index is -0.728. The highest BCUT2D eigenvalue weighted by atomic mass is 35.5. The van der Waals surface area contributed by atoms with Gasteiger partial charge in [-0.3, -0.25) is 10.1 Å². The van der Waals surface area contributed by atoms with Crippen molar-refractivity contribution in [2.45, 2.75) is 64.5 Å². The largest absolute Gasteiger partial charge is 0.467 e. The van der Waals surface area contributed by atoms with Crippen molar-refractivity contribution in [3.8, 4) is 0 Å². The van der Waals surface area contributed by atoms with Gasteiger partial charge < -0.3 is 14.8 Å². The molecule has 0 bridgehead atoms. The molecule has 0 radical (unpaired) electrons. The molecule has 2 aromatic rings. The van der Waals surface area contributed by atoms with Gasteiger partial charge in [0.1, 0.15) is 11.6 Å². The molecule has 0 aliphatic heterocycles. The molecule has 1 saturated carbocycles. The second kappa shape index (κ2) is 11.4. The van der Waals surface area contributed by atoms with Crippen LogP contribution in [-0.2, 0) is 14.3 Å². The van der Waals surface area contributed by atoms with Gasteiger partial charge in [0, 0.05) is 0 Å². The monoisotopic (exact) mass is 476 g/mol. The van der Waals surface area contributed by atoms with E-state index in [1.807, 2.05) is 24.3 Å². The normalized spacial score (nSPS) is 15.2. The van der Waals surface area contributed by atoms with Gasteiger partial charge in [-0.25, -0.2) is 9.59 Å². The number of carbonyl (C=O) groups excluding carboxylic acids is 3. The summed E-state index contributed by atoms with van der Waals surface area (Å²) in [5.74, 6) is -0.863. The van der Waals surface area contributed by atoms with Crippen molar-refractivity contribution in [3.63, 3.8) is 0 Å². The molecule has 2 N–H and O–H groups in total. The summed E-state index contributed by atoms with van der Waals surface area (Å²) < 4.78 is 10.3. The van der Waals surface area contributed by atoms with E-state index in [0.29, 0.717) is 5.69 Å². The number of amides is 2. The number of fused-ring (bicyclic) bond motifs is 1. The van der Waals surface area contributed by atoms with Gasteiger partial charge in [0.25, 0.3) is 5.91 Å². The van der Waals surface area contributed by atoms with Crippen LogP contribution in [0.4, 0.5) is 10.5 Å². The van der Waals surface area contributed by atoms with E-state index in [1.54, 1.807) is 32.9 Å². The van der Waals surface area contributed by atoms with Crippen LogP contribution in [-0.4, -0.2) is 36.7 Å². The number of carbonyl (C=O) groups is 3. The van der Waals surface area contributed by atoms with E-state index < -0.39 is 29.6 Å². The SMILES string of the molecule is COC(=O)[C@@H](NC(=O)c1cc2ccccc2cc1NC(=O)OC(C)(C)C)C1CCCCC1.Cl. The predicted molar refractivity (Wildman–Crippen MR) is 131 cm³/mol. The van der Waals surface area contributed by atoms with E-state index in [1.165, 1.54) is 7.11 Å².